The van der Waals surface area contributed by atoms with Crippen LogP contribution in [-0.2, 0) is 0 Å². The molecule has 0 radical (unpaired) electrons. The van der Waals surface area contributed by atoms with Gasteiger partial charge in [0.1, 0.15) is 4.60 Å². The Morgan fingerprint density at radius 3 is 2.63 bits per heavy atom. The molecule has 1 rings (SSSR count). The number of carbonyl (C=O) groups excluding carboxylic acids is 1. The van der Waals surface area contributed by atoms with Crippen molar-refractivity contribution in [3.63, 3.8) is 0 Å². The minimum atomic E-state index is -0.383. The van der Waals surface area contributed by atoms with Crippen LogP contribution < -0.4 is 22.5 Å². The van der Waals surface area contributed by atoms with Gasteiger partial charge in [-0.05, 0) is 23.0 Å². The number of nitrogens with two attached hydrogens (primary N) is 3. The second-order valence-electron chi connectivity index (χ2n) is 3.98. The lowest BCUT2D eigenvalue weighted by atomic mass is 10.3. The van der Waals surface area contributed by atoms with E-state index >= 15 is 0 Å². The molecule has 9 heteroatoms. The molecule has 0 saturated carbocycles. The van der Waals surface area contributed by atoms with Gasteiger partial charge in [0.15, 0.2) is 17.3 Å². The topological polar surface area (TPSA) is 136 Å². The third-order valence-electron chi connectivity index (χ3n) is 2.41. The largest absolute Gasteiger partial charge is 0.382 e. The molecule has 1 amide bonds. The maximum atomic E-state index is 11.9. The molecule has 106 valence electrons. The normalized spacial score (nSPS) is 10.7. The molecule has 0 saturated heterocycles. The molecule has 19 heavy (non-hydrogen) atoms. The Hall–Kier alpha value is -1.45. The lowest BCUT2D eigenvalue weighted by molar-refractivity contribution is 0.0945. The molecule has 1 aromatic rings. The highest BCUT2D eigenvalue weighted by atomic mass is 79.9. The van der Waals surface area contributed by atoms with Crippen LogP contribution in [0.3, 0.4) is 0 Å². The number of hydrogen-bond donors (Lipinski definition) is 4. The molecule has 0 aliphatic rings. The minimum absolute atomic E-state index is 0.00788. The third kappa shape index (κ3) is 4.62. The Morgan fingerprint density at radius 2 is 2.00 bits per heavy atom. The highest BCUT2D eigenvalue weighted by Gasteiger charge is 2.15. The number of nitrogen functional groups attached to an aromatic ring is 2. The summed E-state index contributed by atoms with van der Waals surface area (Å²) in [6, 6.07) is 0. The van der Waals surface area contributed by atoms with Crippen LogP contribution in [0.4, 0.5) is 11.6 Å². The molecule has 0 unspecified atom stereocenters. The van der Waals surface area contributed by atoms with Crippen LogP contribution in [0.1, 0.15) is 10.5 Å². The summed E-state index contributed by atoms with van der Waals surface area (Å²) < 4.78 is 0.298. The van der Waals surface area contributed by atoms with Gasteiger partial charge < -0.3 is 27.4 Å². The molecular weight excluding hydrogens is 314 g/mol. The standard InChI is InChI=1S/C10H18BrN7O/c1-18(4-2-12)5-3-15-10(19)6-8(13)17-9(14)7(11)16-6/h2-5,12H2,1H3,(H,15,19)(H4,13,14,17). The first-order valence-electron chi connectivity index (χ1n) is 5.71. The Morgan fingerprint density at radius 1 is 1.32 bits per heavy atom. The summed E-state index contributed by atoms with van der Waals surface area (Å²) in [4.78, 5) is 21.7. The Balaban J connectivity index is 2.57. The van der Waals surface area contributed by atoms with Gasteiger partial charge in [0.05, 0.1) is 0 Å². The quantitative estimate of drug-likeness (QED) is 0.526. The van der Waals surface area contributed by atoms with Crippen molar-refractivity contribution in [2.75, 3.05) is 44.7 Å². The van der Waals surface area contributed by atoms with Gasteiger partial charge in [0.25, 0.3) is 5.91 Å². The highest BCUT2D eigenvalue weighted by Crippen LogP contribution is 2.17. The first-order chi connectivity index (χ1) is 8.95. The van der Waals surface area contributed by atoms with Crippen LogP contribution >= 0.6 is 15.9 Å². The number of aromatic nitrogens is 2. The third-order valence-corrected chi connectivity index (χ3v) is 2.99. The fraction of sp³-hybridized carbons (Fsp3) is 0.500. The SMILES string of the molecule is CN(CCN)CCNC(=O)c1nc(Br)c(N)nc1N. The van der Waals surface area contributed by atoms with Crippen molar-refractivity contribution in [2.24, 2.45) is 5.73 Å². The van der Waals surface area contributed by atoms with Crippen molar-refractivity contribution in [2.45, 2.75) is 0 Å². The van der Waals surface area contributed by atoms with E-state index in [0.717, 1.165) is 6.54 Å². The van der Waals surface area contributed by atoms with E-state index in [2.05, 4.69) is 31.2 Å². The van der Waals surface area contributed by atoms with Crippen molar-refractivity contribution in [1.29, 1.82) is 0 Å². The van der Waals surface area contributed by atoms with Crippen LogP contribution in [0.15, 0.2) is 4.60 Å². The van der Waals surface area contributed by atoms with E-state index in [0.29, 0.717) is 24.2 Å². The maximum Gasteiger partial charge on any atom is 0.273 e. The van der Waals surface area contributed by atoms with Crippen molar-refractivity contribution < 1.29 is 4.79 Å². The summed E-state index contributed by atoms with van der Waals surface area (Å²) in [6.07, 6.45) is 0. The van der Waals surface area contributed by atoms with Gasteiger partial charge in [0, 0.05) is 26.2 Å². The molecule has 1 heterocycles. The lowest BCUT2D eigenvalue weighted by Crippen LogP contribution is -2.35. The summed E-state index contributed by atoms with van der Waals surface area (Å²) >= 11 is 3.10. The van der Waals surface area contributed by atoms with Crippen LogP contribution in [0.5, 0.6) is 0 Å². The van der Waals surface area contributed by atoms with E-state index < -0.39 is 0 Å². The number of anilines is 2. The van der Waals surface area contributed by atoms with E-state index in [1.165, 1.54) is 0 Å². The van der Waals surface area contributed by atoms with Gasteiger partial charge in [-0.1, -0.05) is 0 Å². The molecular formula is C10H18BrN7O. The summed E-state index contributed by atoms with van der Waals surface area (Å²) in [5, 5.41) is 2.71. The minimum Gasteiger partial charge on any atom is -0.382 e. The lowest BCUT2D eigenvalue weighted by Gasteiger charge is -2.15. The number of nitrogens with one attached hydrogen (secondary N) is 1. The predicted molar refractivity (Wildman–Crippen MR) is 77.4 cm³/mol. The molecule has 0 aromatic carbocycles. The predicted octanol–water partition coefficient (Wildman–Crippen LogP) is -0.976. The number of carbonyl (C=O) groups is 1. The molecule has 1 aromatic heterocycles. The van der Waals surface area contributed by atoms with Crippen molar-refractivity contribution in [1.82, 2.24) is 20.2 Å². The van der Waals surface area contributed by atoms with Gasteiger partial charge in [-0.25, -0.2) is 9.97 Å². The van der Waals surface area contributed by atoms with E-state index in [1.807, 2.05) is 11.9 Å². The van der Waals surface area contributed by atoms with E-state index in [9.17, 15) is 4.79 Å². The fourth-order valence-electron chi connectivity index (χ4n) is 1.38. The highest BCUT2D eigenvalue weighted by molar-refractivity contribution is 9.10. The van der Waals surface area contributed by atoms with Crippen LogP contribution in [0.2, 0.25) is 0 Å². The number of rotatable bonds is 6. The number of halogens is 1. The molecule has 0 atom stereocenters. The van der Waals surface area contributed by atoms with Gasteiger partial charge in [-0.15, -0.1) is 0 Å². The number of nitrogens with zero attached hydrogens (tertiary/aromatic N) is 3. The van der Waals surface area contributed by atoms with Gasteiger partial charge in [-0.3, -0.25) is 4.79 Å². The van der Waals surface area contributed by atoms with E-state index in [1.54, 1.807) is 0 Å². The van der Waals surface area contributed by atoms with Crippen molar-refractivity contribution in [3.05, 3.63) is 10.3 Å². The fourth-order valence-corrected chi connectivity index (χ4v) is 1.65. The molecule has 0 fully saturated rings. The Labute approximate surface area is 119 Å². The second-order valence-corrected chi connectivity index (χ2v) is 4.73. The summed E-state index contributed by atoms with van der Waals surface area (Å²) in [5.41, 5.74) is 16.6. The molecule has 0 aliphatic carbocycles. The molecule has 0 spiro atoms. The summed E-state index contributed by atoms with van der Waals surface area (Å²) in [5.74, 6) is -0.225. The zero-order valence-electron chi connectivity index (χ0n) is 10.7. The van der Waals surface area contributed by atoms with E-state index in [4.69, 9.17) is 17.2 Å². The first kappa shape index (κ1) is 15.6. The summed E-state index contributed by atoms with van der Waals surface area (Å²) in [7, 11) is 1.92. The van der Waals surface area contributed by atoms with Gasteiger partial charge in [0.2, 0.25) is 0 Å². The zero-order chi connectivity index (χ0) is 14.4. The monoisotopic (exact) mass is 331 g/mol. The van der Waals surface area contributed by atoms with Crippen molar-refractivity contribution >= 4 is 33.5 Å². The number of amides is 1. The average Bonchev–Trinajstić information content (AvgIpc) is 2.34. The number of likely N-dealkylation sites (N-methyl/N-ethyl adjacent to an activating group) is 1. The zero-order valence-corrected chi connectivity index (χ0v) is 12.3. The first-order valence-corrected chi connectivity index (χ1v) is 6.50. The van der Waals surface area contributed by atoms with Crippen LogP contribution in [0, 0.1) is 0 Å². The molecule has 0 aliphatic heterocycles. The number of hydrogen-bond acceptors (Lipinski definition) is 7. The van der Waals surface area contributed by atoms with Gasteiger partial charge in [-0.2, -0.15) is 0 Å². The maximum absolute atomic E-state index is 11.9. The van der Waals surface area contributed by atoms with E-state index in [-0.39, 0.29) is 23.2 Å². The molecule has 8 nitrogen and oxygen atoms in total. The summed E-state index contributed by atoms with van der Waals surface area (Å²) in [6.45, 7) is 2.50. The average molecular weight is 332 g/mol. The van der Waals surface area contributed by atoms with Crippen LogP contribution in [-0.4, -0.2) is 54.0 Å². The smallest absolute Gasteiger partial charge is 0.273 e. The molecule has 0 bridgehead atoms. The Bertz CT molecular complexity index is 454. The van der Waals surface area contributed by atoms with Gasteiger partial charge >= 0.3 is 0 Å². The molecule has 7 N–H and O–H groups in total. The van der Waals surface area contributed by atoms with Crippen LogP contribution in [0.25, 0.3) is 0 Å². The second kappa shape index (κ2) is 7.22. The van der Waals surface area contributed by atoms with Crippen molar-refractivity contribution in [3.8, 4) is 0 Å². The Kier molecular flexibility index (Phi) is 5.93.